The van der Waals surface area contributed by atoms with Crippen molar-refractivity contribution in [3.8, 4) is 0 Å². The second-order valence-electron chi connectivity index (χ2n) is 6.81. The Kier molecular flexibility index (Phi) is 3.48. The Morgan fingerprint density at radius 1 is 1.31 bits per heavy atom. The van der Waals surface area contributed by atoms with Crippen LogP contribution in [0.25, 0.3) is 0 Å². The predicted molar refractivity (Wildman–Crippen MR) is 97.2 cm³/mol. The summed E-state index contributed by atoms with van der Waals surface area (Å²) in [7, 11) is 0. The number of aromatic nitrogens is 2. The average Bonchev–Trinajstić information content (AvgIpc) is 3.40. The van der Waals surface area contributed by atoms with Crippen LogP contribution in [0.3, 0.4) is 0 Å². The van der Waals surface area contributed by atoms with E-state index >= 15 is 0 Å². The highest BCUT2D eigenvalue weighted by Gasteiger charge is 2.25. The van der Waals surface area contributed by atoms with Crippen molar-refractivity contribution in [3.63, 3.8) is 0 Å². The molecule has 2 aliphatic heterocycles. The summed E-state index contributed by atoms with van der Waals surface area (Å²) < 4.78 is 7.25. The van der Waals surface area contributed by atoms with Crippen LogP contribution in [0.2, 0.25) is 0 Å². The number of benzene rings is 1. The normalized spacial score (nSPS) is 18.2. The van der Waals surface area contributed by atoms with Gasteiger partial charge in [-0.15, -0.1) is 0 Å². The molecular weight excluding hydrogens is 328 g/mol. The first kappa shape index (κ1) is 15.1. The summed E-state index contributed by atoms with van der Waals surface area (Å²) in [6.07, 6.45) is 8.77. The molecule has 1 N–H and O–H groups in total. The number of nitrogens with zero attached hydrogens (tertiary/aromatic N) is 3. The molecule has 0 fully saturated rings. The molecule has 6 heteroatoms. The van der Waals surface area contributed by atoms with Crippen LogP contribution in [0.5, 0.6) is 0 Å². The third kappa shape index (κ3) is 2.54. The van der Waals surface area contributed by atoms with Crippen molar-refractivity contribution >= 4 is 17.3 Å². The van der Waals surface area contributed by atoms with E-state index in [0.717, 1.165) is 35.4 Å². The molecule has 4 heterocycles. The van der Waals surface area contributed by atoms with Crippen LogP contribution in [0.4, 0.5) is 5.69 Å². The summed E-state index contributed by atoms with van der Waals surface area (Å²) in [5.74, 6) is 0.0241. The van der Waals surface area contributed by atoms with E-state index in [1.165, 1.54) is 11.3 Å². The molecule has 0 saturated heterocycles. The lowest BCUT2D eigenvalue weighted by Crippen LogP contribution is -2.30. The lowest BCUT2D eigenvalue weighted by molar-refractivity contribution is -0.120. The lowest BCUT2D eigenvalue weighted by atomic mass is 9.97. The van der Waals surface area contributed by atoms with Crippen molar-refractivity contribution in [1.82, 2.24) is 9.55 Å². The summed E-state index contributed by atoms with van der Waals surface area (Å²) in [6, 6.07) is 7.91. The number of rotatable bonds is 3. The van der Waals surface area contributed by atoms with Crippen LogP contribution >= 0.6 is 0 Å². The third-order valence-corrected chi connectivity index (χ3v) is 5.17. The molecule has 6 nitrogen and oxygen atoms in total. The number of imidazole rings is 1. The van der Waals surface area contributed by atoms with E-state index in [-0.39, 0.29) is 11.8 Å². The monoisotopic (exact) mass is 346 g/mol. The van der Waals surface area contributed by atoms with Crippen LogP contribution < -0.4 is 5.32 Å². The smallest absolute Gasteiger partial charge is 0.229 e. The summed E-state index contributed by atoms with van der Waals surface area (Å²) in [5.41, 5.74) is 6.12. The number of fused-ring (bicyclic) bond motifs is 2. The number of carbonyl (C=O) groups is 1. The second kappa shape index (κ2) is 5.98. The molecule has 1 amide bonds. The number of nitrogens with one attached hydrogen (secondary N) is 1. The summed E-state index contributed by atoms with van der Waals surface area (Å²) in [4.78, 5) is 21.5. The predicted octanol–water partition coefficient (Wildman–Crippen LogP) is 3.03. The Balaban J connectivity index is 1.35. The van der Waals surface area contributed by atoms with Gasteiger partial charge in [0.25, 0.3) is 0 Å². The molecule has 130 valence electrons. The Hall–Kier alpha value is -3.15. The van der Waals surface area contributed by atoms with Crippen molar-refractivity contribution < 1.29 is 9.21 Å². The van der Waals surface area contributed by atoms with Crippen LogP contribution in [0, 0.1) is 5.92 Å². The van der Waals surface area contributed by atoms with Crippen molar-refractivity contribution in [2.75, 3.05) is 5.32 Å². The Morgan fingerprint density at radius 2 is 2.27 bits per heavy atom. The minimum absolute atomic E-state index is 0.0352. The Morgan fingerprint density at radius 3 is 3.15 bits per heavy atom. The molecular formula is C20H18N4O2. The zero-order chi connectivity index (χ0) is 17.5. The number of aryl methyl sites for hydroxylation is 1. The summed E-state index contributed by atoms with van der Waals surface area (Å²) in [5, 5.41) is 3.08. The number of hydrogen-bond acceptors (Lipinski definition) is 4. The largest absolute Gasteiger partial charge is 0.472 e. The maximum absolute atomic E-state index is 12.7. The van der Waals surface area contributed by atoms with Gasteiger partial charge in [0.05, 0.1) is 37.0 Å². The van der Waals surface area contributed by atoms with Crippen LogP contribution in [0.15, 0.2) is 58.7 Å². The molecule has 5 rings (SSSR count). The lowest BCUT2D eigenvalue weighted by Gasteiger charge is -2.23. The van der Waals surface area contributed by atoms with Gasteiger partial charge in [-0.05, 0) is 36.6 Å². The quantitative estimate of drug-likeness (QED) is 0.792. The van der Waals surface area contributed by atoms with E-state index in [0.29, 0.717) is 13.1 Å². The summed E-state index contributed by atoms with van der Waals surface area (Å²) in [6.45, 7) is 1.35. The van der Waals surface area contributed by atoms with E-state index in [1.807, 2.05) is 30.5 Å². The fraction of sp³-hybridized carbons (Fsp3) is 0.250. The molecule has 0 spiro atoms. The molecule has 0 unspecified atom stereocenters. The third-order valence-electron chi connectivity index (χ3n) is 5.17. The fourth-order valence-electron chi connectivity index (χ4n) is 3.74. The topological polar surface area (TPSA) is 72.4 Å². The second-order valence-corrected chi connectivity index (χ2v) is 6.81. The molecule has 0 aliphatic carbocycles. The van der Waals surface area contributed by atoms with Gasteiger partial charge >= 0.3 is 0 Å². The van der Waals surface area contributed by atoms with Gasteiger partial charge < -0.3 is 14.3 Å². The first-order valence-electron chi connectivity index (χ1n) is 8.78. The van der Waals surface area contributed by atoms with E-state index in [9.17, 15) is 4.79 Å². The first-order valence-corrected chi connectivity index (χ1v) is 8.78. The number of hydrogen-bond donors (Lipinski definition) is 1. The van der Waals surface area contributed by atoms with Crippen LogP contribution in [-0.4, -0.2) is 21.2 Å². The highest BCUT2D eigenvalue weighted by Crippen LogP contribution is 2.27. The van der Waals surface area contributed by atoms with Crippen molar-refractivity contribution in [1.29, 1.82) is 0 Å². The van der Waals surface area contributed by atoms with E-state index in [1.54, 1.807) is 18.9 Å². The standard InChI is InChI=1S/C20H18N4O2/c25-20(14-2-4-17-9-21-12-24(17)10-14)23-16-3-1-13-8-22-19(18(13)7-16)15-5-6-26-11-15/h1,3,5-7,9,11-12,14H,2,4,8,10H2,(H,23,25)/t14-/m1/s1. The maximum atomic E-state index is 12.7. The molecule has 3 aromatic rings. The van der Waals surface area contributed by atoms with E-state index < -0.39 is 0 Å². The Bertz CT molecular complexity index is 1000. The van der Waals surface area contributed by atoms with Gasteiger partial charge in [0, 0.05) is 35.2 Å². The number of carbonyl (C=O) groups excluding carboxylic acids is 1. The highest BCUT2D eigenvalue weighted by molar-refractivity contribution is 6.15. The molecule has 2 aromatic heterocycles. The molecule has 2 aliphatic rings. The number of amides is 1. The van der Waals surface area contributed by atoms with Gasteiger partial charge in [-0.2, -0.15) is 0 Å². The van der Waals surface area contributed by atoms with E-state index in [2.05, 4.69) is 19.9 Å². The Labute approximate surface area is 150 Å². The van der Waals surface area contributed by atoms with Crippen molar-refractivity contribution in [2.24, 2.45) is 10.9 Å². The number of anilines is 1. The van der Waals surface area contributed by atoms with E-state index in [4.69, 9.17) is 4.42 Å². The maximum Gasteiger partial charge on any atom is 0.229 e. The summed E-state index contributed by atoms with van der Waals surface area (Å²) >= 11 is 0. The van der Waals surface area contributed by atoms with Gasteiger partial charge in [-0.25, -0.2) is 4.98 Å². The van der Waals surface area contributed by atoms with Crippen LogP contribution in [0.1, 0.15) is 28.8 Å². The first-order chi connectivity index (χ1) is 12.8. The molecule has 0 radical (unpaired) electrons. The van der Waals surface area contributed by atoms with Gasteiger partial charge in [0.15, 0.2) is 0 Å². The molecule has 26 heavy (non-hydrogen) atoms. The van der Waals surface area contributed by atoms with Gasteiger partial charge in [0.1, 0.15) is 0 Å². The minimum Gasteiger partial charge on any atom is -0.472 e. The minimum atomic E-state index is -0.0352. The molecule has 0 saturated carbocycles. The molecule has 1 atom stereocenters. The highest BCUT2D eigenvalue weighted by atomic mass is 16.3. The zero-order valence-corrected chi connectivity index (χ0v) is 14.2. The number of aliphatic imine (C=N–C) groups is 1. The molecule has 1 aromatic carbocycles. The van der Waals surface area contributed by atoms with Gasteiger partial charge in [-0.1, -0.05) is 6.07 Å². The van der Waals surface area contributed by atoms with Crippen molar-refractivity contribution in [2.45, 2.75) is 25.9 Å². The number of furan rings is 1. The fourth-order valence-corrected chi connectivity index (χ4v) is 3.74. The average molecular weight is 346 g/mol. The SMILES string of the molecule is O=C(Nc1ccc2c(c1)C(c1ccoc1)=NC2)[C@@H]1CCc2cncn2C1. The van der Waals surface area contributed by atoms with Crippen molar-refractivity contribution in [3.05, 3.63) is 71.7 Å². The van der Waals surface area contributed by atoms with Crippen LogP contribution in [-0.2, 0) is 24.3 Å². The molecule has 0 bridgehead atoms. The van der Waals surface area contributed by atoms with Gasteiger partial charge in [0.2, 0.25) is 5.91 Å². The van der Waals surface area contributed by atoms with Gasteiger partial charge in [-0.3, -0.25) is 9.79 Å². The zero-order valence-electron chi connectivity index (χ0n) is 14.2.